The van der Waals surface area contributed by atoms with Gasteiger partial charge in [0.15, 0.2) is 6.29 Å². The zero-order chi connectivity index (χ0) is 33.1. The van der Waals surface area contributed by atoms with Gasteiger partial charge in [-0.3, -0.25) is 0 Å². The Hall–Kier alpha value is -3.63. The van der Waals surface area contributed by atoms with Gasteiger partial charge >= 0.3 is 5.97 Å². The molecular weight excluding hydrogens is 560 g/mol. The second-order valence-corrected chi connectivity index (χ2v) is 10.6. The van der Waals surface area contributed by atoms with Crippen molar-refractivity contribution in [1.29, 1.82) is 0 Å². The molecule has 240 valence electrons. The summed E-state index contributed by atoms with van der Waals surface area (Å²) in [4.78, 5) is 10.8. The number of carbonyl (C=O) groups is 1. The number of rotatable bonds is 15. The first-order valence-corrected chi connectivity index (χ1v) is 14.4. The molecule has 5 unspecified atom stereocenters. The highest BCUT2D eigenvalue weighted by Gasteiger charge is 2.43. The van der Waals surface area contributed by atoms with Crippen LogP contribution in [0.4, 0.5) is 0 Å². The number of aliphatic hydroxyl groups excluding tert-OH is 4. The van der Waals surface area contributed by atoms with Gasteiger partial charge in [-0.1, -0.05) is 120 Å². The van der Waals surface area contributed by atoms with Gasteiger partial charge in [0.05, 0.1) is 13.2 Å². The first kappa shape index (κ1) is 38.4. The van der Waals surface area contributed by atoms with E-state index in [2.05, 4.69) is 0 Å². The molecule has 1 saturated heterocycles. The Morgan fingerprint density at radius 3 is 1.52 bits per heavy atom. The molecule has 8 heteroatoms. The van der Waals surface area contributed by atoms with Gasteiger partial charge in [-0.25, -0.2) is 4.79 Å². The van der Waals surface area contributed by atoms with Crippen LogP contribution in [0.5, 0.6) is 0 Å². The highest BCUT2D eigenvalue weighted by molar-refractivity contribution is 5.86. The van der Waals surface area contributed by atoms with Crippen molar-refractivity contribution in [3.63, 3.8) is 0 Å². The van der Waals surface area contributed by atoms with Crippen molar-refractivity contribution >= 4 is 5.97 Å². The topological polar surface area (TPSA) is 137 Å². The first-order valence-electron chi connectivity index (χ1n) is 14.4. The minimum atomic E-state index is -1.46. The summed E-state index contributed by atoms with van der Waals surface area (Å²) in [5.41, 5.74) is 5.38. The van der Waals surface area contributed by atoms with Crippen LogP contribution in [-0.4, -0.2) is 75.4 Å². The van der Waals surface area contributed by atoms with Gasteiger partial charge in [0.2, 0.25) is 0 Å². The number of carboxylic acid groups (broad SMARTS) is 1. The zero-order valence-corrected chi connectivity index (χ0v) is 26.5. The van der Waals surface area contributed by atoms with E-state index >= 15 is 0 Å². The van der Waals surface area contributed by atoms with Crippen LogP contribution in [-0.2, 0) is 14.3 Å². The summed E-state index contributed by atoms with van der Waals surface area (Å²) in [6.07, 6.45) is 24.3. The molecule has 0 aromatic carbocycles. The number of aliphatic carboxylic acids is 1. The van der Waals surface area contributed by atoms with Crippen LogP contribution in [0.1, 0.15) is 41.5 Å². The van der Waals surface area contributed by atoms with E-state index in [1.54, 1.807) is 19.1 Å². The zero-order valence-electron chi connectivity index (χ0n) is 26.5. The Kier molecular flexibility index (Phi) is 18.4. The minimum absolute atomic E-state index is 0.141. The maximum atomic E-state index is 10.8. The smallest absolute Gasteiger partial charge is 0.331 e. The SMILES string of the molecule is CC(C=CC=C(C)C=CC=C(C)COC1OC(CO)C(O)C(O)C1O)=CC=CC=C(C)C=CC=C(C)C=CC=C(C)C(=O)O. The Bertz CT molecular complexity index is 1260. The van der Waals surface area contributed by atoms with E-state index < -0.39 is 43.3 Å². The van der Waals surface area contributed by atoms with E-state index in [1.807, 2.05) is 120 Å². The maximum absolute atomic E-state index is 10.8. The van der Waals surface area contributed by atoms with Crippen LogP contribution in [0.25, 0.3) is 0 Å². The monoisotopic (exact) mass is 608 g/mol. The van der Waals surface area contributed by atoms with Gasteiger partial charge in [0.25, 0.3) is 0 Å². The lowest BCUT2D eigenvalue weighted by Crippen LogP contribution is -2.59. The van der Waals surface area contributed by atoms with Crippen molar-refractivity contribution in [2.75, 3.05) is 13.2 Å². The van der Waals surface area contributed by atoms with Gasteiger partial charge in [0.1, 0.15) is 24.4 Å². The molecule has 0 amide bonds. The third-order valence-corrected chi connectivity index (χ3v) is 6.37. The van der Waals surface area contributed by atoms with Gasteiger partial charge in [-0.15, -0.1) is 0 Å². The molecule has 0 aromatic heterocycles. The third kappa shape index (κ3) is 15.7. The van der Waals surface area contributed by atoms with Crippen LogP contribution in [0.3, 0.4) is 0 Å². The Morgan fingerprint density at radius 1 is 0.636 bits per heavy atom. The molecule has 5 atom stereocenters. The van der Waals surface area contributed by atoms with Crippen molar-refractivity contribution in [2.24, 2.45) is 0 Å². The summed E-state index contributed by atoms with van der Waals surface area (Å²) in [7, 11) is 0. The van der Waals surface area contributed by atoms with Crippen molar-refractivity contribution in [3.8, 4) is 0 Å². The molecule has 44 heavy (non-hydrogen) atoms. The molecule has 0 spiro atoms. The first-order chi connectivity index (χ1) is 20.8. The Morgan fingerprint density at radius 2 is 1.07 bits per heavy atom. The number of ether oxygens (including phenoxy) is 2. The van der Waals surface area contributed by atoms with Gasteiger partial charge in [-0.05, 0) is 47.1 Å². The molecule has 0 saturated carbocycles. The highest BCUT2D eigenvalue weighted by Crippen LogP contribution is 2.22. The van der Waals surface area contributed by atoms with Gasteiger partial charge < -0.3 is 35.0 Å². The minimum Gasteiger partial charge on any atom is -0.478 e. The van der Waals surface area contributed by atoms with E-state index in [4.69, 9.17) is 14.6 Å². The molecule has 1 heterocycles. The fraction of sp³-hybridized carbons (Fsp3) is 0.361. The van der Waals surface area contributed by atoms with Crippen molar-refractivity contribution in [2.45, 2.75) is 72.2 Å². The Balaban J connectivity index is 2.54. The Labute approximate surface area is 261 Å². The van der Waals surface area contributed by atoms with Crippen LogP contribution < -0.4 is 0 Å². The average Bonchev–Trinajstić information content (AvgIpc) is 2.97. The predicted molar refractivity (Wildman–Crippen MR) is 176 cm³/mol. The molecule has 0 aliphatic carbocycles. The molecule has 1 aliphatic heterocycles. The highest BCUT2D eigenvalue weighted by atomic mass is 16.7. The van der Waals surface area contributed by atoms with Crippen LogP contribution in [0.2, 0.25) is 0 Å². The largest absolute Gasteiger partial charge is 0.478 e. The molecular formula is C36H48O8. The lowest BCUT2D eigenvalue weighted by atomic mass is 9.99. The molecule has 0 radical (unpaired) electrons. The van der Waals surface area contributed by atoms with E-state index in [-0.39, 0.29) is 12.2 Å². The van der Waals surface area contributed by atoms with Crippen LogP contribution >= 0.6 is 0 Å². The number of carboxylic acids is 1. The van der Waals surface area contributed by atoms with Gasteiger partial charge in [-0.2, -0.15) is 0 Å². The molecule has 0 aromatic rings. The van der Waals surface area contributed by atoms with Gasteiger partial charge in [0, 0.05) is 5.57 Å². The average molecular weight is 609 g/mol. The second-order valence-electron chi connectivity index (χ2n) is 10.6. The number of hydrogen-bond acceptors (Lipinski definition) is 7. The number of aliphatic hydroxyl groups is 4. The number of hydrogen-bond donors (Lipinski definition) is 5. The molecule has 1 aliphatic rings. The van der Waals surface area contributed by atoms with E-state index in [0.717, 1.165) is 27.9 Å². The normalized spacial score (nSPS) is 25.5. The summed E-state index contributed by atoms with van der Waals surface area (Å²) in [5.74, 6) is -0.924. The van der Waals surface area contributed by atoms with Crippen LogP contribution in [0.15, 0.2) is 131 Å². The second kappa shape index (κ2) is 21.1. The summed E-state index contributed by atoms with van der Waals surface area (Å²) < 4.78 is 10.9. The van der Waals surface area contributed by atoms with E-state index in [1.165, 1.54) is 0 Å². The van der Waals surface area contributed by atoms with Crippen molar-refractivity contribution < 1.29 is 39.8 Å². The van der Waals surface area contributed by atoms with Crippen molar-refractivity contribution in [1.82, 2.24) is 0 Å². The standard InChI is InChI=1S/C36H48O8/c1-25(13-7-8-14-26(2)16-10-18-28(4)20-12-22-30(6)35(41)42)15-9-17-27(3)19-11-21-29(5)24-43-36-34(40)33(39)32(38)31(23-37)44-36/h7-22,31-34,36-40H,23-24H2,1-6H3,(H,41,42). The maximum Gasteiger partial charge on any atom is 0.331 e. The van der Waals surface area contributed by atoms with Crippen molar-refractivity contribution in [3.05, 3.63) is 131 Å². The molecule has 1 fully saturated rings. The third-order valence-electron chi connectivity index (χ3n) is 6.37. The molecule has 8 nitrogen and oxygen atoms in total. The number of allylic oxidation sites excluding steroid dienone is 20. The lowest BCUT2D eigenvalue weighted by molar-refractivity contribution is -0.299. The summed E-state index contributed by atoms with van der Waals surface area (Å²) in [6, 6.07) is 0. The summed E-state index contributed by atoms with van der Waals surface area (Å²) >= 11 is 0. The fourth-order valence-electron chi connectivity index (χ4n) is 3.59. The lowest BCUT2D eigenvalue weighted by Gasteiger charge is -2.39. The molecule has 0 bridgehead atoms. The molecule has 5 N–H and O–H groups in total. The quantitative estimate of drug-likeness (QED) is 0.124. The fourth-order valence-corrected chi connectivity index (χ4v) is 3.59. The summed E-state index contributed by atoms with van der Waals surface area (Å²) in [5, 5.41) is 47.9. The predicted octanol–water partition coefficient (Wildman–Crippen LogP) is 5.35. The summed E-state index contributed by atoms with van der Waals surface area (Å²) in [6.45, 7) is 11.0. The van der Waals surface area contributed by atoms with Crippen LogP contribution in [0, 0.1) is 0 Å². The van der Waals surface area contributed by atoms with E-state index in [0.29, 0.717) is 0 Å². The van der Waals surface area contributed by atoms with E-state index in [9.17, 15) is 25.2 Å². The molecule has 1 rings (SSSR count).